The van der Waals surface area contributed by atoms with Crippen molar-refractivity contribution in [3.8, 4) is 22.3 Å². The lowest BCUT2D eigenvalue weighted by atomic mass is 10.1. The fourth-order valence-corrected chi connectivity index (χ4v) is 4.39. The van der Waals surface area contributed by atoms with Gasteiger partial charge in [0.15, 0.2) is 5.65 Å². The quantitative estimate of drug-likeness (QED) is 0.435. The van der Waals surface area contributed by atoms with Crippen molar-refractivity contribution in [3.05, 3.63) is 67.1 Å². The molecule has 2 aromatic carbocycles. The van der Waals surface area contributed by atoms with E-state index in [1.54, 1.807) is 29.0 Å². The van der Waals surface area contributed by atoms with E-state index in [1.807, 2.05) is 6.20 Å². The third-order valence-corrected chi connectivity index (χ3v) is 6.18. The van der Waals surface area contributed by atoms with Crippen LogP contribution in [0.25, 0.3) is 27.9 Å². The van der Waals surface area contributed by atoms with Crippen molar-refractivity contribution in [1.82, 2.24) is 19.9 Å². The highest BCUT2D eigenvalue weighted by molar-refractivity contribution is 8.00. The minimum absolute atomic E-state index is 0.123. The molecule has 0 atom stereocenters. The van der Waals surface area contributed by atoms with Crippen LogP contribution in [0.3, 0.4) is 0 Å². The predicted molar refractivity (Wildman–Crippen MR) is 121 cm³/mol. The molecule has 0 spiro atoms. The fourth-order valence-electron chi connectivity index (χ4n) is 3.85. The number of aromatic nitrogens is 3. The lowest BCUT2D eigenvalue weighted by Gasteiger charge is -2.29. The zero-order chi connectivity index (χ0) is 22.1. The van der Waals surface area contributed by atoms with Crippen LogP contribution in [0.4, 0.5) is 18.9 Å². The van der Waals surface area contributed by atoms with Crippen molar-refractivity contribution in [1.29, 1.82) is 0 Å². The summed E-state index contributed by atoms with van der Waals surface area (Å²) in [5.41, 5.74) is 1.09. The van der Waals surface area contributed by atoms with Crippen molar-refractivity contribution in [2.45, 2.75) is 10.4 Å². The van der Waals surface area contributed by atoms with Gasteiger partial charge >= 0.3 is 5.51 Å². The number of thioether (sulfide) groups is 1. The minimum atomic E-state index is -4.30. The van der Waals surface area contributed by atoms with E-state index in [2.05, 4.69) is 44.6 Å². The van der Waals surface area contributed by atoms with Crippen LogP contribution in [-0.4, -0.2) is 46.3 Å². The number of rotatable bonds is 4. The summed E-state index contributed by atoms with van der Waals surface area (Å²) < 4.78 is 39.4. The Morgan fingerprint density at radius 2 is 1.53 bits per heavy atom. The lowest BCUT2D eigenvalue weighted by Crippen LogP contribution is -2.43. The van der Waals surface area contributed by atoms with E-state index in [0.29, 0.717) is 5.65 Å². The van der Waals surface area contributed by atoms with Crippen molar-refractivity contribution in [3.63, 3.8) is 0 Å². The third kappa shape index (κ3) is 4.44. The van der Waals surface area contributed by atoms with Crippen LogP contribution in [-0.2, 0) is 0 Å². The van der Waals surface area contributed by atoms with Gasteiger partial charge in [0.1, 0.15) is 0 Å². The van der Waals surface area contributed by atoms with Gasteiger partial charge in [-0.05, 0) is 47.2 Å². The molecule has 0 radical (unpaired) electrons. The molecule has 0 unspecified atom stereocenters. The van der Waals surface area contributed by atoms with Gasteiger partial charge in [0.25, 0.3) is 0 Å². The Morgan fingerprint density at radius 3 is 2.22 bits per heavy atom. The molecule has 0 aliphatic carbocycles. The molecular weight excluding hydrogens is 435 g/mol. The molecule has 5 rings (SSSR count). The Balaban J connectivity index is 1.38. The molecule has 1 aliphatic heterocycles. The molecule has 0 amide bonds. The number of anilines is 1. The summed E-state index contributed by atoms with van der Waals surface area (Å²) in [7, 11) is 0. The van der Waals surface area contributed by atoms with Crippen LogP contribution in [0.2, 0.25) is 0 Å². The molecule has 0 saturated carbocycles. The molecule has 5 nitrogen and oxygen atoms in total. The first kappa shape index (κ1) is 20.8. The maximum Gasteiger partial charge on any atom is 0.446 e. The topological polar surface area (TPSA) is 45.5 Å². The van der Waals surface area contributed by atoms with Gasteiger partial charge in [-0.15, -0.1) is 0 Å². The molecular formula is C23H20F3N5S. The number of benzene rings is 2. The van der Waals surface area contributed by atoms with Gasteiger partial charge in [-0.2, -0.15) is 18.3 Å². The summed E-state index contributed by atoms with van der Waals surface area (Å²) in [6.45, 7) is 3.99. The number of hydrogen-bond acceptors (Lipinski definition) is 5. The first-order valence-corrected chi connectivity index (χ1v) is 11.0. The molecule has 1 aliphatic rings. The fraction of sp³-hybridized carbons (Fsp3) is 0.217. The maximum absolute atomic E-state index is 12.6. The molecule has 164 valence electrons. The van der Waals surface area contributed by atoms with E-state index in [0.717, 1.165) is 48.4 Å². The number of hydrogen-bond donors (Lipinski definition) is 1. The second-order valence-electron chi connectivity index (χ2n) is 7.53. The Bertz CT molecular complexity index is 1210. The predicted octanol–water partition coefficient (Wildman–Crippen LogP) is 5.08. The Labute approximate surface area is 187 Å². The van der Waals surface area contributed by atoms with E-state index in [1.165, 1.54) is 17.8 Å². The zero-order valence-electron chi connectivity index (χ0n) is 17.0. The average Bonchev–Trinajstić information content (AvgIpc) is 3.23. The smallest absolute Gasteiger partial charge is 0.369 e. The van der Waals surface area contributed by atoms with Crippen LogP contribution in [0, 0.1) is 0 Å². The highest BCUT2D eigenvalue weighted by Crippen LogP contribution is 2.37. The number of halogens is 3. The van der Waals surface area contributed by atoms with Gasteiger partial charge in [-0.3, -0.25) is 0 Å². The van der Waals surface area contributed by atoms with E-state index in [9.17, 15) is 13.2 Å². The van der Waals surface area contributed by atoms with Crippen LogP contribution < -0.4 is 10.2 Å². The van der Waals surface area contributed by atoms with Crippen molar-refractivity contribution in [2.75, 3.05) is 31.1 Å². The second-order valence-corrected chi connectivity index (χ2v) is 8.66. The van der Waals surface area contributed by atoms with Gasteiger partial charge in [0.2, 0.25) is 0 Å². The average molecular weight is 456 g/mol. The van der Waals surface area contributed by atoms with Gasteiger partial charge in [-0.1, -0.05) is 24.3 Å². The molecule has 1 saturated heterocycles. The largest absolute Gasteiger partial charge is 0.446 e. The van der Waals surface area contributed by atoms with Crippen LogP contribution in [0.1, 0.15) is 0 Å². The minimum Gasteiger partial charge on any atom is -0.369 e. The van der Waals surface area contributed by atoms with Gasteiger partial charge in [0.05, 0.1) is 6.20 Å². The number of fused-ring (bicyclic) bond motifs is 1. The van der Waals surface area contributed by atoms with Gasteiger partial charge in [0, 0.05) is 60.3 Å². The maximum atomic E-state index is 12.6. The normalized spacial score (nSPS) is 14.8. The lowest BCUT2D eigenvalue weighted by molar-refractivity contribution is -0.0328. The van der Waals surface area contributed by atoms with E-state index in [4.69, 9.17) is 0 Å². The number of nitrogens with one attached hydrogen (secondary N) is 1. The zero-order valence-corrected chi connectivity index (χ0v) is 17.8. The number of alkyl halides is 3. The summed E-state index contributed by atoms with van der Waals surface area (Å²) in [6, 6.07) is 14.7. The Morgan fingerprint density at radius 1 is 0.844 bits per heavy atom. The monoisotopic (exact) mass is 455 g/mol. The molecule has 0 bridgehead atoms. The molecule has 4 aromatic rings. The molecule has 1 fully saturated rings. The van der Waals surface area contributed by atoms with Gasteiger partial charge < -0.3 is 10.2 Å². The molecule has 2 aromatic heterocycles. The van der Waals surface area contributed by atoms with Crippen molar-refractivity contribution in [2.24, 2.45) is 0 Å². The first-order valence-electron chi connectivity index (χ1n) is 10.2. The standard InChI is InChI=1S/C23H20F3N5S/c24-23(25,26)32-20-7-3-17(4-8-20)21-14-29-31-15-18(13-28-22(21)31)16-1-5-19(6-2-16)30-11-9-27-10-12-30/h1-8,13-15,27H,9-12H2. The van der Waals surface area contributed by atoms with Crippen LogP contribution in [0.15, 0.2) is 72.0 Å². The Hall–Kier alpha value is -3.04. The summed E-state index contributed by atoms with van der Waals surface area (Å²) >= 11 is -0.123. The molecule has 1 N–H and O–H groups in total. The first-order chi connectivity index (χ1) is 15.5. The van der Waals surface area contributed by atoms with Crippen molar-refractivity contribution >= 4 is 23.1 Å². The number of piperazine rings is 1. The third-order valence-electron chi connectivity index (χ3n) is 5.44. The number of nitrogens with zero attached hydrogens (tertiary/aromatic N) is 4. The SMILES string of the molecule is FC(F)(F)Sc1ccc(-c2cnn3cc(-c4ccc(N5CCNCC5)cc4)cnc23)cc1. The van der Waals surface area contributed by atoms with Crippen LogP contribution >= 0.6 is 11.8 Å². The van der Waals surface area contributed by atoms with Gasteiger partial charge in [-0.25, -0.2) is 9.50 Å². The summed E-state index contributed by atoms with van der Waals surface area (Å²) in [5, 5.41) is 7.77. The van der Waals surface area contributed by atoms with E-state index >= 15 is 0 Å². The highest BCUT2D eigenvalue weighted by atomic mass is 32.2. The summed E-state index contributed by atoms with van der Waals surface area (Å²) in [6.07, 6.45) is 5.40. The van der Waals surface area contributed by atoms with Crippen molar-refractivity contribution < 1.29 is 13.2 Å². The summed E-state index contributed by atoms with van der Waals surface area (Å²) in [4.78, 5) is 7.10. The summed E-state index contributed by atoms with van der Waals surface area (Å²) in [5.74, 6) is 0. The highest BCUT2D eigenvalue weighted by Gasteiger charge is 2.29. The van der Waals surface area contributed by atoms with Crippen LogP contribution in [0.5, 0.6) is 0 Å². The molecule has 32 heavy (non-hydrogen) atoms. The molecule has 9 heteroatoms. The second kappa shape index (κ2) is 8.48. The Kier molecular flexibility index (Phi) is 5.52. The van der Waals surface area contributed by atoms with E-state index < -0.39 is 5.51 Å². The molecule has 3 heterocycles. The van der Waals surface area contributed by atoms with E-state index in [-0.39, 0.29) is 16.7 Å².